The van der Waals surface area contributed by atoms with Crippen LogP contribution in [0.1, 0.15) is 19.3 Å². The maximum Gasteiger partial charge on any atom is 0.307 e. The molecule has 2 aliphatic rings. The predicted molar refractivity (Wildman–Crippen MR) is 38.2 cm³/mol. The Morgan fingerprint density at radius 3 is 2.91 bits per heavy atom. The summed E-state index contributed by atoms with van der Waals surface area (Å²) >= 11 is 0. The summed E-state index contributed by atoms with van der Waals surface area (Å²) in [5, 5.41) is 8.72. The lowest BCUT2D eigenvalue weighted by Crippen LogP contribution is -2.22. The zero-order valence-electron chi connectivity index (χ0n) is 6.38. The summed E-state index contributed by atoms with van der Waals surface area (Å²) in [6.45, 7) is 1.48. The van der Waals surface area contributed by atoms with Crippen LogP contribution in [0.3, 0.4) is 0 Å². The van der Waals surface area contributed by atoms with Crippen LogP contribution >= 0.6 is 0 Å². The Morgan fingerprint density at radius 1 is 1.64 bits per heavy atom. The van der Waals surface area contributed by atoms with Crippen molar-refractivity contribution in [2.45, 2.75) is 19.3 Å². The number of hydrogen-bond donors (Lipinski definition) is 1. The van der Waals surface area contributed by atoms with Gasteiger partial charge in [-0.1, -0.05) is 0 Å². The molecule has 3 nitrogen and oxygen atoms in total. The number of hydrogen-bond acceptors (Lipinski definition) is 2. The monoisotopic (exact) mass is 156 g/mol. The van der Waals surface area contributed by atoms with E-state index >= 15 is 0 Å². The Morgan fingerprint density at radius 2 is 2.45 bits per heavy atom. The molecule has 11 heavy (non-hydrogen) atoms. The molecule has 0 aromatic rings. The van der Waals surface area contributed by atoms with Crippen molar-refractivity contribution in [2.24, 2.45) is 11.3 Å². The highest BCUT2D eigenvalue weighted by Crippen LogP contribution is 2.57. The van der Waals surface area contributed by atoms with Crippen LogP contribution in [0.5, 0.6) is 0 Å². The Labute approximate surface area is 65.4 Å². The molecule has 1 spiro atoms. The van der Waals surface area contributed by atoms with Crippen LogP contribution in [0.25, 0.3) is 0 Å². The van der Waals surface area contributed by atoms with E-state index in [4.69, 9.17) is 9.84 Å². The van der Waals surface area contributed by atoms with E-state index in [-0.39, 0.29) is 11.3 Å². The van der Waals surface area contributed by atoms with Gasteiger partial charge in [0.1, 0.15) is 0 Å². The van der Waals surface area contributed by atoms with Gasteiger partial charge >= 0.3 is 5.97 Å². The van der Waals surface area contributed by atoms with Crippen molar-refractivity contribution in [1.82, 2.24) is 0 Å². The molecule has 0 radical (unpaired) electrons. The van der Waals surface area contributed by atoms with Crippen LogP contribution < -0.4 is 0 Å². The quantitative estimate of drug-likeness (QED) is 0.613. The van der Waals surface area contributed by atoms with E-state index in [0.29, 0.717) is 6.61 Å². The lowest BCUT2D eigenvalue weighted by atomic mass is 9.96. The van der Waals surface area contributed by atoms with Crippen LogP contribution in [0.4, 0.5) is 0 Å². The number of aliphatic carboxylic acids is 1. The van der Waals surface area contributed by atoms with Gasteiger partial charge < -0.3 is 9.84 Å². The molecule has 62 valence electrons. The summed E-state index contributed by atoms with van der Waals surface area (Å²) in [6, 6.07) is 0. The molecule has 2 atom stereocenters. The largest absolute Gasteiger partial charge is 0.481 e. The van der Waals surface area contributed by atoms with Crippen molar-refractivity contribution in [2.75, 3.05) is 13.2 Å². The molecular weight excluding hydrogens is 144 g/mol. The number of ether oxygens (including phenoxy) is 1. The van der Waals surface area contributed by atoms with Crippen LogP contribution in [0.2, 0.25) is 0 Å². The van der Waals surface area contributed by atoms with Crippen LogP contribution in [-0.2, 0) is 9.53 Å². The van der Waals surface area contributed by atoms with Gasteiger partial charge in [0, 0.05) is 12.0 Å². The topological polar surface area (TPSA) is 46.5 Å². The number of rotatable bonds is 1. The van der Waals surface area contributed by atoms with Gasteiger partial charge in [0.2, 0.25) is 0 Å². The standard InChI is InChI=1S/C8H12O3/c9-7(10)6-4-8(6)2-1-3-11-5-8/h6H,1-5H2,(H,9,10)/t6-,8+/m0/s1. The Kier molecular flexibility index (Phi) is 1.42. The van der Waals surface area contributed by atoms with E-state index in [2.05, 4.69) is 0 Å². The second-order valence-corrected chi connectivity index (χ2v) is 3.61. The summed E-state index contributed by atoms with van der Waals surface area (Å²) in [4.78, 5) is 10.6. The Hall–Kier alpha value is -0.570. The molecule has 1 heterocycles. The van der Waals surface area contributed by atoms with Gasteiger partial charge in [-0.2, -0.15) is 0 Å². The molecule has 0 unspecified atom stereocenters. The molecule has 0 aromatic carbocycles. The first-order chi connectivity index (χ1) is 5.25. The minimum atomic E-state index is -0.643. The molecule has 3 heteroatoms. The highest BCUT2D eigenvalue weighted by molar-refractivity contribution is 5.74. The van der Waals surface area contributed by atoms with Crippen molar-refractivity contribution in [3.8, 4) is 0 Å². The lowest BCUT2D eigenvalue weighted by Gasteiger charge is -2.21. The van der Waals surface area contributed by atoms with Gasteiger partial charge in [0.25, 0.3) is 0 Å². The highest BCUT2D eigenvalue weighted by Gasteiger charge is 2.58. The van der Waals surface area contributed by atoms with E-state index in [1.165, 1.54) is 0 Å². The third-order valence-corrected chi connectivity index (χ3v) is 2.84. The highest BCUT2D eigenvalue weighted by atomic mass is 16.5. The minimum absolute atomic E-state index is 0.0457. The lowest BCUT2D eigenvalue weighted by molar-refractivity contribution is -0.140. The smallest absolute Gasteiger partial charge is 0.307 e. The van der Waals surface area contributed by atoms with Crippen molar-refractivity contribution in [3.05, 3.63) is 0 Å². The minimum Gasteiger partial charge on any atom is -0.481 e. The molecule has 0 amide bonds. The average Bonchev–Trinajstić information content (AvgIpc) is 2.66. The molecule has 1 N–H and O–H groups in total. The number of carboxylic acids is 1. The van der Waals surface area contributed by atoms with Gasteiger partial charge in [-0.05, 0) is 19.3 Å². The molecule has 0 bridgehead atoms. The van der Waals surface area contributed by atoms with Gasteiger partial charge in [0.05, 0.1) is 12.5 Å². The normalized spacial score (nSPS) is 42.4. The Balaban J connectivity index is 1.99. The predicted octanol–water partition coefficient (Wildman–Crippen LogP) is 0.888. The van der Waals surface area contributed by atoms with E-state index in [1.54, 1.807) is 0 Å². The van der Waals surface area contributed by atoms with Crippen LogP contribution in [-0.4, -0.2) is 24.3 Å². The SMILES string of the molecule is O=C(O)[C@@H]1C[C@@]12CCCOC2. The van der Waals surface area contributed by atoms with Gasteiger partial charge in [-0.15, -0.1) is 0 Å². The number of carboxylic acid groups (broad SMARTS) is 1. The first-order valence-corrected chi connectivity index (χ1v) is 4.05. The van der Waals surface area contributed by atoms with Crippen molar-refractivity contribution in [3.63, 3.8) is 0 Å². The molecule has 1 aliphatic heterocycles. The average molecular weight is 156 g/mol. The van der Waals surface area contributed by atoms with Gasteiger partial charge in [0.15, 0.2) is 0 Å². The van der Waals surface area contributed by atoms with Crippen LogP contribution in [0.15, 0.2) is 0 Å². The fourth-order valence-electron chi connectivity index (χ4n) is 2.01. The summed E-state index contributed by atoms with van der Waals surface area (Å²) in [5.74, 6) is -0.752. The summed E-state index contributed by atoms with van der Waals surface area (Å²) < 4.78 is 5.26. The molecule has 0 aromatic heterocycles. The Bertz CT molecular complexity index is 182. The summed E-state index contributed by atoms with van der Waals surface area (Å²) in [5.41, 5.74) is 0.0457. The van der Waals surface area contributed by atoms with E-state index in [0.717, 1.165) is 25.9 Å². The fraction of sp³-hybridized carbons (Fsp3) is 0.875. The maximum absolute atomic E-state index is 10.6. The number of carbonyl (C=O) groups is 1. The molecule has 1 aliphatic carbocycles. The molecule has 1 saturated carbocycles. The molecule has 2 rings (SSSR count). The maximum atomic E-state index is 10.6. The molecule has 2 fully saturated rings. The molecule has 1 saturated heterocycles. The molecular formula is C8H12O3. The van der Waals surface area contributed by atoms with Gasteiger partial charge in [-0.25, -0.2) is 0 Å². The van der Waals surface area contributed by atoms with Crippen molar-refractivity contribution in [1.29, 1.82) is 0 Å². The van der Waals surface area contributed by atoms with E-state index in [9.17, 15) is 4.79 Å². The second-order valence-electron chi connectivity index (χ2n) is 3.61. The fourth-order valence-corrected chi connectivity index (χ4v) is 2.01. The third kappa shape index (κ3) is 1.03. The van der Waals surface area contributed by atoms with Crippen molar-refractivity contribution < 1.29 is 14.6 Å². The summed E-state index contributed by atoms with van der Waals surface area (Å²) in [7, 11) is 0. The third-order valence-electron chi connectivity index (χ3n) is 2.84. The van der Waals surface area contributed by atoms with Crippen molar-refractivity contribution >= 4 is 5.97 Å². The van der Waals surface area contributed by atoms with E-state index < -0.39 is 5.97 Å². The first-order valence-electron chi connectivity index (χ1n) is 4.05. The van der Waals surface area contributed by atoms with Crippen LogP contribution in [0, 0.1) is 11.3 Å². The van der Waals surface area contributed by atoms with E-state index in [1.807, 2.05) is 0 Å². The summed E-state index contributed by atoms with van der Waals surface area (Å²) in [6.07, 6.45) is 2.91. The first kappa shape index (κ1) is 7.10. The zero-order valence-corrected chi connectivity index (χ0v) is 6.38. The second kappa shape index (κ2) is 2.21. The zero-order chi connectivity index (χ0) is 7.90. The van der Waals surface area contributed by atoms with Gasteiger partial charge in [-0.3, -0.25) is 4.79 Å².